The molecule has 1 fully saturated rings. The smallest absolute Gasteiger partial charge is 0.254 e. The summed E-state index contributed by atoms with van der Waals surface area (Å²) in [6.45, 7) is 6.84. The van der Waals surface area contributed by atoms with E-state index in [2.05, 4.69) is 22.1 Å². The molecule has 0 aromatic carbocycles. The first-order chi connectivity index (χ1) is 10.1. The van der Waals surface area contributed by atoms with E-state index < -0.39 is 0 Å². The normalized spacial score (nSPS) is 17.8. The van der Waals surface area contributed by atoms with Crippen molar-refractivity contribution in [2.75, 3.05) is 13.2 Å². The van der Waals surface area contributed by atoms with Crippen molar-refractivity contribution in [3.8, 4) is 11.8 Å². The Labute approximate surface area is 126 Å². The number of hydrogen-bond donors (Lipinski definition) is 1. The van der Waals surface area contributed by atoms with Gasteiger partial charge >= 0.3 is 0 Å². The van der Waals surface area contributed by atoms with Crippen LogP contribution < -0.4 is 5.32 Å². The number of rotatable bonds is 2. The lowest BCUT2D eigenvalue weighted by Gasteiger charge is -2.17. The number of nitrogens with one attached hydrogen (secondary N) is 1. The molecule has 0 radical (unpaired) electrons. The molecular weight excluding hydrogens is 264 g/mol. The number of carbonyl (C=O) groups is 1. The summed E-state index contributed by atoms with van der Waals surface area (Å²) in [6, 6.07) is 1.92. The zero-order valence-corrected chi connectivity index (χ0v) is 13.0. The fraction of sp³-hybridized carbons (Fsp3) is 0.529. The first-order valence-electron chi connectivity index (χ1n) is 7.41. The van der Waals surface area contributed by atoms with Gasteiger partial charge < -0.3 is 10.1 Å². The van der Waals surface area contributed by atoms with Crippen LogP contribution in [0.25, 0.3) is 0 Å². The molecule has 112 valence electrons. The summed E-state index contributed by atoms with van der Waals surface area (Å²) in [4.78, 5) is 16.5. The molecule has 1 atom stereocenters. The molecule has 1 N–H and O–H groups in total. The van der Waals surface area contributed by atoms with Gasteiger partial charge in [0.2, 0.25) is 0 Å². The van der Waals surface area contributed by atoms with Crippen LogP contribution in [0.1, 0.15) is 46.6 Å². The first kappa shape index (κ1) is 15.5. The lowest BCUT2D eigenvalue weighted by atomic mass is 10.1. The maximum atomic E-state index is 12.2. The lowest BCUT2D eigenvalue weighted by Crippen LogP contribution is -2.26. The van der Waals surface area contributed by atoms with E-state index in [-0.39, 0.29) is 12.0 Å². The van der Waals surface area contributed by atoms with Gasteiger partial charge in [0.15, 0.2) is 0 Å². The third-order valence-electron chi connectivity index (χ3n) is 3.53. The van der Waals surface area contributed by atoms with E-state index in [9.17, 15) is 4.79 Å². The first-order valence-corrected chi connectivity index (χ1v) is 7.41. The van der Waals surface area contributed by atoms with Crippen molar-refractivity contribution in [3.05, 3.63) is 28.6 Å². The van der Waals surface area contributed by atoms with Crippen molar-refractivity contribution in [1.29, 1.82) is 0 Å². The number of aryl methyl sites for hydroxylation is 3. The zero-order valence-electron chi connectivity index (χ0n) is 13.0. The predicted molar refractivity (Wildman–Crippen MR) is 82.1 cm³/mol. The summed E-state index contributed by atoms with van der Waals surface area (Å²) in [7, 11) is 0. The Bertz CT molecular complexity index is 555. The van der Waals surface area contributed by atoms with Crippen LogP contribution in [-0.2, 0) is 4.74 Å². The summed E-state index contributed by atoms with van der Waals surface area (Å²) >= 11 is 0. The van der Waals surface area contributed by atoms with Crippen molar-refractivity contribution in [3.63, 3.8) is 0 Å². The minimum Gasteiger partial charge on any atom is -0.366 e. The highest BCUT2D eigenvalue weighted by molar-refractivity contribution is 5.96. The molecule has 0 unspecified atom stereocenters. The second-order valence-electron chi connectivity index (χ2n) is 5.40. The fourth-order valence-corrected chi connectivity index (χ4v) is 2.60. The van der Waals surface area contributed by atoms with Gasteiger partial charge in [-0.1, -0.05) is 11.8 Å². The average Bonchev–Trinajstić information content (AvgIpc) is 2.43. The second-order valence-corrected chi connectivity index (χ2v) is 5.40. The summed E-state index contributed by atoms with van der Waals surface area (Å²) in [5.74, 6) is 5.93. The fourth-order valence-electron chi connectivity index (χ4n) is 2.60. The van der Waals surface area contributed by atoms with Crippen LogP contribution in [0.5, 0.6) is 0 Å². The van der Waals surface area contributed by atoms with E-state index in [0.717, 1.165) is 36.4 Å². The van der Waals surface area contributed by atoms with Gasteiger partial charge in [0.1, 0.15) is 6.10 Å². The summed E-state index contributed by atoms with van der Waals surface area (Å²) in [5.41, 5.74) is 3.28. The van der Waals surface area contributed by atoms with Gasteiger partial charge in [0.05, 0.1) is 17.8 Å². The molecule has 0 saturated carbocycles. The molecule has 0 aliphatic carbocycles. The molecule has 1 aliphatic heterocycles. The van der Waals surface area contributed by atoms with E-state index in [4.69, 9.17) is 4.74 Å². The van der Waals surface area contributed by atoms with E-state index in [1.54, 1.807) is 0 Å². The highest BCUT2D eigenvalue weighted by Gasteiger charge is 2.13. The van der Waals surface area contributed by atoms with Gasteiger partial charge in [-0.2, -0.15) is 0 Å². The molecule has 4 nitrogen and oxygen atoms in total. The Morgan fingerprint density at radius 1 is 1.43 bits per heavy atom. The Hall–Kier alpha value is -1.86. The van der Waals surface area contributed by atoms with E-state index >= 15 is 0 Å². The van der Waals surface area contributed by atoms with Crippen LogP contribution in [-0.4, -0.2) is 30.1 Å². The number of pyridine rings is 1. The highest BCUT2D eigenvalue weighted by Crippen LogP contribution is 2.13. The number of ether oxygens (including phenoxy) is 1. The maximum Gasteiger partial charge on any atom is 0.254 e. The molecule has 1 saturated heterocycles. The average molecular weight is 286 g/mol. The molecule has 1 aliphatic rings. The zero-order chi connectivity index (χ0) is 15.2. The molecule has 0 spiro atoms. The minimum atomic E-state index is -0.114. The summed E-state index contributed by atoms with van der Waals surface area (Å²) in [5, 5.41) is 2.83. The van der Waals surface area contributed by atoms with Gasteiger partial charge in [0, 0.05) is 12.3 Å². The largest absolute Gasteiger partial charge is 0.366 e. The van der Waals surface area contributed by atoms with Crippen LogP contribution in [0.4, 0.5) is 0 Å². The predicted octanol–water partition coefficient (Wildman–Crippen LogP) is 2.31. The number of amides is 1. The Morgan fingerprint density at radius 3 is 2.90 bits per heavy atom. The van der Waals surface area contributed by atoms with Gasteiger partial charge in [-0.3, -0.25) is 9.78 Å². The van der Waals surface area contributed by atoms with Crippen LogP contribution in [0.2, 0.25) is 0 Å². The molecule has 1 amide bonds. The molecule has 4 heteroatoms. The van der Waals surface area contributed by atoms with Crippen molar-refractivity contribution in [2.24, 2.45) is 0 Å². The maximum absolute atomic E-state index is 12.2. The van der Waals surface area contributed by atoms with Gasteiger partial charge in [0.25, 0.3) is 5.91 Å². The Balaban J connectivity index is 1.92. The number of aromatic nitrogens is 1. The number of hydrogen-bond acceptors (Lipinski definition) is 3. The Morgan fingerprint density at radius 2 is 2.24 bits per heavy atom. The van der Waals surface area contributed by atoms with Crippen molar-refractivity contribution in [1.82, 2.24) is 10.3 Å². The highest BCUT2D eigenvalue weighted by atomic mass is 16.5. The van der Waals surface area contributed by atoms with Gasteiger partial charge in [-0.05, 0) is 51.7 Å². The molecular formula is C17H22N2O2. The van der Waals surface area contributed by atoms with E-state index in [1.165, 1.54) is 6.42 Å². The van der Waals surface area contributed by atoms with E-state index in [1.807, 2.05) is 26.8 Å². The minimum absolute atomic E-state index is 0.0279. The third-order valence-corrected chi connectivity index (χ3v) is 3.53. The SMILES string of the molecule is Cc1cc(C)c(C(=O)NCC#C[C@@H]2CCCCO2)c(C)n1. The van der Waals surface area contributed by atoms with Crippen LogP contribution in [0.15, 0.2) is 6.07 Å². The Kier molecular flexibility index (Phi) is 5.35. The summed E-state index contributed by atoms with van der Waals surface area (Å²) < 4.78 is 5.52. The molecule has 1 aromatic rings. The lowest BCUT2D eigenvalue weighted by molar-refractivity contribution is 0.0525. The topological polar surface area (TPSA) is 51.2 Å². The molecule has 1 aromatic heterocycles. The molecule has 0 bridgehead atoms. The number of carbonyl (C=O) groups excluding carboxylic acids is 1. The van der Waals surface area contributed by atoms with Gasteiger partial charge in [-0.15, -0.1) is 0 Å². The third kappa shape index (κ3) is 4.30. The van der Waals surface area contributed by atoms with Crippen LogP contribution in [0.3, 0.4) is 0 Å². The van der Waals surface area contributed by atoms with Crippen molar-refractivity contribution < 1.29 is 9.53 Å². The van der Waals surface area contributed by atoms with Crippen molar-refractivity contribution >= 4 is 5.91 Å². The monoisotopic (exact) mass is 286 g/mol. The van der Waals surface area contributed by atoms with Crippen molar-refractivity contribution in [2.45, 2.75) is 46.1 Å². The molecule has 21 heavy (non-hydrogen) atoms. The summed E-state index contributed by atoms with van der Waals surface area (Å²) in [6.07, 6.45) is 3.30. The quantitative estimate of drug-likeness (QED) is 0.849. The van der Waals surface area contributed by atoms with E-state index in [0.29, 0.717) is 12.1 Å². The standard InChI is InChI=1S/C17H22N2O2/c1-12-11-13(2)19-14(3)16(12)17(20)18-9-6-8-15-7-4-5-10-21-15/h11,15H,4-5,7,9-10H2,1-3H3,(H,18,20)/t15-/m0/s1. The van der Waals surface area contributed by atoms with Crippen LogP contribution in [0, 0.1) is 32.6 Å². The van der Waals surface area contributed by atoms with Crippen LogP contribution >= 0.6 is 0 Å². The second kappa shape index (κ2) is 7.24. The number of nitrogens with zero attached hydrogens (tertiary/aromatic N) is 1. The molecule has 2 rings (SSSR count). The molecule has 2 heterocycles. The van der Waals surface area contributed by atoms with Gasteiger partial charge in [-0.25, -0.2) is 0 Å².